The highest BCUT2D eigenvalue weighted by Crippen LogP contribution is 1.99. The summed E-state index contributed by atoms with van der Waals surface area (Å²) in [5.74, 6) is 0.414. The fraction of sp³-hybridized carbons (Fsp3) is 0.800. The first-order chi connectivity index (χ1) is 6.07. The number of carbonyl (C=O) groups is 2. The maximum Gasteiger partial charge on any atom is 0.136 e. The Hall–Kier alpha value is -0.700. The first kappa shape index (κ1) is 12.3. The molecule has 0 aliphatic heterocycles. The maximum atomic E-state index is 11.2. The van der Waals surface area contributed by atoms with Gasteiger partial charge in [-0.3, -0.25) is 4.79 Å². The third-order valence-electron chi connectivity index (χ3n) is 2.01. The van der Waals surface area contributed by atoms with Crippen LogP contribution in [0.3, 0.4) is 0 Å². The van der Waals surface area contributed by atoms with E-state index in [1.807, 2.05) is 25.8 Å². The molecule has 0 atom stereocenters. The van der Waals surface area contributed by atoms with Crippen LogP contribution in [0.2, 0.25) is 0 Å². The average Bonchev–Trinajstić information content (AvgIpc) is 2.10. The standard InChI is InChI=1S/C10H19NO2/c1-9(2)10(13)5-7-11(3)6-4-8-12/h8-9H,4-7H2,1-3H3. The van der Waals surface area contributed by atoms with Crippen LogP contribution in [0, 0.1) is 5.92 Å². The van der Waals surface area contributed by atoms with E-state index < -0.39 is 0 Å². The molecule has 0 saturated carbocycles. The van der Waals surface area contributed by atoms with Crippen LogP contribution in [0.1, 0.15) is 26.7 Å². The van der Waals surface area contributed by atoms with Gasteiger partial charge >= 0.3 is 0 Å². The molecule has 0 heterocycles. The van der Waals surface area contributed by atoms with Crippen molar-refractivity contribution in [3.05, 3.63) is 0 Å². The van der Waals surface area contributed by atoms with E-state index in [0.29, 0.717) is 12.8 Å². The monoisotopic (exact) mass is 185 g/mol. The number of nitrogens with zero attached hydrogens (tertiary/aromatic N) is 1. The van der Waals surface area contributed by atoms with Crippen LogP contribution in [0.5, 0.6) is 0 Å². The SMILES string of the molecule is CC(C)C(=O)CCN(C)CCC=O. The summed E-state index contributed by atoms with van der Waals surface area (Å²) in [6, 6.07) is 0. The van der Waals surface area contributed by atoms with Gasteiger partial charge in [0, 0.05) is 31.8 Å². The summed E-state index contributed by atoms with van der Waals surface area (Å²) in [6.07, 6.45) is 2.04. The maximum absolute atomic E-state index is 11.2. The number of ketones is 1. The molecule has 0 aliphatic rings. The van der Waals surface area contributed by atoms with Crippen LogP contribution in [-0.2, 0) is 9.59 Å². The van der Waals surface area contributed by atoms with Gasteiger partial charge in [-0.05, 0) is 7.05 Å². The molecule has 0 unspecified atom stereocenters. The molecule has 3 heteroatoms. The van der Waals surface area contributed by atoms with Crippen molar-refractivity contribution in [1.29, 1.82) is 0 Å². The van der Waals surface area contributed by atoms with E-state index in [1.54, 1.807) is 0 Å². The lowest BCUT2D eigenvalue weighted by Crippen LogP contribution is -2.24. The van der Waals surface area contributed by atoms with Crippen molar-refractivity contribution >= 4 is 12.1 Å². The Bertz CT molecular complexity index is 166. The summed E-state index contributed by atoms with van der Waals surface area (Å²) in [5, 5.41) is 0. The summed E-state index contributed by atoms with van der Waals surface area (Å²) in [7, 11) is 1.93. The fourth-order valence-corrected chi connectivity index (χ4v) is 0.975. The minimum atomic E-state index is 0.125. The minimum Gasteiger partial charge on any atom is -0.306 e. The fourth-order valence-electron chi connectivity index (χ4n) is 0.975. The Kier molecular flexibility index (Phi) is 6.41. The second-order valence-corrected chi connectivity index (χ2v) is 3.63. The van der Waals surface area contributed by atoms with Crippen LogP contribution in [0.15, 0.2) is 0 Å². The zero-order valence-corrected chi connectivity index (χ0v) is 8.75. The van der Waals surface area contributed by atoms with Crippen molar-refractivity contribution in [3.8, 4) is 0 Å². The highest BCUT2D eigenvalue weighted by molar-refractivity contribution is 5.80. The Morgan fingerprint density at radius 3 is 2.46 bits per heavy atom. The molecule has 0 rings (SSSR count). The second kappa shape index (κ2) is 6.78. The van der Waals surface area contributed by atoms with Gasteiger partial charge in [0.15, 0.2) is 0 Å². The van der Waals surface area contributed by atoms with Crippen molar-refractivity contribution < 1.29 is 9.59 Å². The van der Waals surface area contributed by atoms with Gasteiger partial charge in [-0.2, -0.15) is 0 Å². The van der Waals surface area contributed by atoms with Crippen LogP contribution in [0.25, 0.3) is 0 Å². The number of Topliss-reactive ketones (excluding diaryl/α,β-unsaturated/α-hetero) is 1. The zero-order chi connectivity index (χ0) is 10.3. The van der Waals surface area contributed by atoms with Gasteiger partial charge in [0.25, 0.3) is 0 Å². The van der Waals surface area contributed by atoms with Gasteiger partial charge in [0.2, 0.25) is 0 Å². The predicted octanol–water partition coefficient (Wildman–Crippen LogP) is 1.12. The quantitative estimate of drug-likeness (QED) is 0.558. The van der Waals surface area contributed by atoms with Gasteiger partial charge in [-0.25, -0.2) is 0 Å². The van der Waals surface area contributed by atoms with Crippen LogP contribution < -0.4 is 0 Å². The molecule has 0 aromatic rings. The molecule has 76 valence electrons. The Labute approximate surface area is 80.1 Å². The molecule has 0 aromatic carbocycles. The van der Waals surface area contributed by atoms with Gasteiger partial charge in [0.05, 0.1) is 0 Å². The molecule has 0 aliphatic carbocycles. The highest BCUT2D eigenvalue weighted by atomic mass is 16.1. The summed E-state index contributed by atoms with van der Waals surface area (Å²) >= 11 is 0. The summed E-state index contributed by atoms with van der Waals surface area (Å²) in [5.41, 5.74) is 0. The van der Waals surface area contributed by atoms with Gasteiger partial charge in [-0.15, -0.1) is 0 Å². The normalized spacial score (nSPS) is 10.8. The molecule has 0 amide bonds. The molecule has 0 N–H and O–H groups in total. The topological polar surface area (TPSA) is 37.4 Å². The number of aldehydes is 1. The molecule has 0 aromatic heterocycles. The molecule has 0 saturated heterocycles. The minimum absolute atomic E-state index is 0.125. The van der Waals surface area contributed by atoms with Crippen molar-refractivity contribution in [3.63, 3.8) is 0 Å². The number of hydrogen-bond donors (Lipinski definition) is 0. The molecule has 0 radical (unpaired) electrons. The third-order valence-corrected chi connectivity index (χ3v) is 2.01. The summed E-state index contributed by atoms with van der Waals surface area (Å²) in [6.45, 7) is 5.32. The third kappa shape index (κ3) is 6.46. The van der Waals surface area contributed by atoms with E-state index in [-0.39, 0.29) is 11.7 Å². The van der Waals surface area contributed by atoms with E-state index >= 15 is 0 Å². The van der Waals surface area contributed by atoms with Gasteiger partial charge in [0.1, 0.15) is 12.1 Å². The highest BCUT2D eigenvalue weighted by Gasteiger charge is 2.07. The second-order valence-electron chi connectivity index (χ2n) is 3.63. The lowest BCUT2D eigenvalue weighted by molar-refractivity contribution is -0.122. The number of carbonyl (C=O) groups excluding carboxylic acids is 2. The predicted molar refractivity (Wildman–Crippen MR) is 52.6 cm³/mol. The van der Waals surface area contributed by atoms with Crippen LogP contribution in [0.4, 0.5) is 0 Å². The Morgan fingerprint density at radius 1 is 1.38 bits per heavy atom. The van der Waals surface area contributed by atoms with E-state index in [9.17, 15) is 9.59 Å². The molecule has 0 fully saturated rings. The van der Waals surface area contributed by atoms with Gasteiger partial charge < -0.3 is 9.69 Å². The smallest absolute Gasteiger partial charge is 0.136 e. The number of rotatable bonds is 7. The molecule has 0 bridgehead atoms. The molecular weight excluding hydrogens is 166 g/mol. The summed E-state index contributed by atoms with van der Waals surface area (Å²) in [4.78, 5) is 23.3. The van der Waals surface area contributed by atoms with E-state index in [0.717, 1.165) is 19.4 Å². The van der Waals surface area contributed by atoms with E-state index in [4.69, 9.17) is 0 Å². The van der Waals surface area contributed by atoms with Crippen LogP contribution >= 0.6 is 0 Å². The molecule has 13 heavy (non-hydrogen) atoms. The lowest BCUT2D eigenvalue weighted by atomic mass is 10.1. The van der Waals surface area contributed by atoms with E-state index in [1.165, 1.54) is 0 Å². The van der Waals surface area contributed by atoms with Crippen molar-refractivity contribution in [2.24, 2.45) is 5.92 Å². The average molecular weight is 185 g/mol. The zero-order valence-electron chi connectivity index (χ0n) is 8.75. The van der Waals surface area contributed by atoms with E-state index in [2.05, 4.69) is 0 Å². The first-order valence-corrected chi connectivity index (χ1v) is 4.72. The van der Waals surface area contributed by atoms with Crippen LogP contribution in [-0.4, -0.2) is 37.1 Å². The first-order valence-electron chi connectivity index (χ1n) is 4.72. The number of hydrogen-bond acceptors (Lipinski definition) is 3. The Morgan fingerprint density at radius 2 is 2.00 bits per heavy atom. The van der Waals surface area contributed by atoms with Crippen molar-refractivity contribution in [1.82, 2.24) is 4.90 Å². The van der Waals surface area contributed by atoms with Gasteiger partial charge in [-0.1, -0.05) is 13.8 Å². The molecular formula is C10H19NO2. The lowest BCUT2D eigenvalue weighted by Gasteiger charge is -2.14. The molecule has 3 nitrogen and oxygen atoms in total. The largest absolute Gasteiger partial charge is 0.306 e. The van der Waals surface area contributed by atoms with Crippen molar-refractivity contribution in [2.75, 3.05) is 20.1 Å². The van der Waals surface area contributed by atoms with Crippen molar-refractivity contribution in [2.45, 2.75) is 26.7 Å². The summed E-state index contributed by atoms with van der Waals surface area (Å²) < 4.78 is 0. The Balaban J connectivity index is 3.51. The molecule has 0 spiro atoms.